The number of nitrogens with zero attached hydrogens (tertiary/aromatic N) is 1. The summed E-state index contributed by atoms with van der Waals surface area (Å²) in [5.74, 6) is -1.30. The number of nitrogens with one attached hydrogen (secondary N) is 1. The molecular weight excluding hydrogens is 392 g/mol. The maximum atomic E-state index is 12.8. The first-order valence-corrected chi connectivity index (χ1v) is 10.9. The number of aryl methyl sites for hydroxylation is 1. The highest BCUT2D eigenvalue weighted by Crippen LogP contribution is 2.29. The molecule has 0 saturated heterocycles. The summed E-state index contributed by atoms with van der Waals surface area (Å²) in [6.45, 7) is 8.10. The first kappa shape index (κ1) is 22.6. The van der Waals surface area contributed by atoms with Crippen LogP contribution in [0.5, 0.6) is 5.75 Å². The molecule has 2 aromatic rings. The second kappa shape index (κ2) is 9.67. The van der Waals surface area contributed by atoms with Gasteiger partial charge in [-0.15, -0.1) is 0 Å². The monoisotopic (exact) mass is 418 g/mol. The predicted molar refractivity (Wildman–Crippen MR) is 112 cm³/mol. The van der Waals surface area contributed by atoms with Crippen molar-refractivity contribution < 1.29 is 22.7 Å². The second-order valence-corrected chi connectivity index (χ2v) is 8.27. The number of carbonyl (C=O) groups is 2. The van der Waals surface area contributed by atoms with E-state index in [2.05, 4.69) is 5.32 Å². The first-order chi connectivity index (χ1) is 13.7. The third-order valence-electron chi connectivity index (χ3n) is 4.36. The van der Waals surface area contributed by atoms with E-state index >= 15 is 0 Å². The van der Waals surface area contributed by atoms with Crippen LogP contribution in [0.2, 0.25) is 0 Å². The van der Waals surface area contributed by atoms with Gasteiger partial charge in [0.1, 0.15) is 5.75 Å². The van der Waals surface area contributed by atoms with Gasteiger partial charge in [-0.3, -0.25) is 9.59 Å². The van der Waals surface area contributed by atoms with Gasteiger partial charge in [0.2, 0.25) is 10.0 Å². The zero-order valence-corrected chi connectivity index (χ0v) is 17.9. The Morgan fingerprint density at radius 3 is 2.17 bits per heavy atom. The Morgan fingerprint density at radius 1 is 1.00 bits per heavy atom. The van der Waals surface area contributed by atoms with Crippen LogP contribution in [0.4, 0.5) is 5.69 Å². The molecule has 0 bridgehead atoms. The third kappa shape index (κ3) is 5.21. The van der Waals surface area contributed by atoms with E-state index in [0.29, 0.717) is 19.7 Å². The largest absolute Gasteiger partial charge is 0.492 e. The summed E-state index contributed by atoms with van der Waals surface area (Å²) in [6, 6.07) is 10.8. The lowest BCUT2D eigenvalue weighted by Crippen LogP contribution is -2.30. The third-order valence-corrected chi connectivity index (χ3v) is 6.41. The Morgan fingerprint density at radius 2 is 1.62 bits per heavy atom. The van der Waals surface area contributed by atoms with Crippen molar-refractivity contribution in [3.8, 4) is 5.75 Å². The molecule has 8 heteroatoms. The fraction of sp³-hybridized carbons (Fsp3) is 0.333. The van der Waals surface area contributed by atoms with Crippen molar-refractivity contribution in [3.63, 3.8) is 0 Å². The Labute approximate surface area is 171 Å². The standard InChI is InChI=1S/C21H26N2O5S/c1-5-23(6-2)29(26,27)17-12-13-19(28-7-3)18(14-17)22-21(25)20(24)16-10-8-15(4)9-11-16/h8-14H,5-7H2,1-4H3,(H,22,25). The molecule has 2 rings (SSSR count). The Hall–Kier alpha value is -2.71. The van der Waals surface area contributed by atoms with Gasteiger partial charge in [0, 0.05) is 18.7 Å². The van der Waals surface area contributed by atoms with Gasteiger partial charge in [-0.2, -0.15) is 4.31 Å². The normalized spacial score (nSPS) is 11.3. The van der Waals surface area contributed by atoms with Crippen molar-refractivity contribution in [3.05, 3.63) is 53.6 Å². The number of Topliss-reactive ketones (excluding diaryl/α,β-unsaturated/α-hetero) is 1. The van der Waals surface area contributed by atoms with E-state index in [1.807, 2.05) is 6.92 Å². The number of amides is 1. The van der Waals surface area contributed by atoms with Crippen LogP contribution < -0.4 is 10.1 Å². The van der Waals surface area contributed by atoms with E-state index in [1.165, 1.54) is 22.5 Å². The summed E-state index contributed by atoms with van der Waals surface area (Å²) in [6.07, 6.45) is 0. The minimum atomic E-state index is -3.73. The molecule has 0 unspecified atom stereocenters. The van der Waals surface area contributed by atoms with Crippen molar-refractivity contribution in [2.45, 2.75) is 32.6 Å². The molecular formula is C21H26N2O5S. The van der Waals surface area contributed by atoms with Gasteiger partial charge in [0.15, 0.2) is 0 Å². The van der Waals surface area contributed by atoms with Gasteiger partial charge in [-0.1, -0.05) is 43.7 Å². The molecule has 1 amide bonds. The Kier molecular flexibility index (Phi) is 7.53. The van der Waals surface area contributed by atoms with Crippen molar-refractivity contribution >= 4 is 27.4 Å². The summed E-state index contributed by atoms with van der Waals surface area (Å²) in [4.78, 5) is 24.9. The van der Waals surface area contributed by atoms with E-state index in [1.54, 1.807) is 45.0 Å². The molecule has 0 radical (unpaired) electrons. The highest BCUT2D eigenvalue weighted by atomic mass is 32.2. The highest BCUT2D eigenvalue weighted by Gasteiger charge is 2.24. The molecule has 0 saturated carbocycles. The molecule has 1 N–H and O–H groups in total. The first-order valence-electron chi connectivity index (χ1n) is 9.43. The Bertz CT molecular complexity index is 981. The molecule has 7 nitrogen and oxygen atoms in total. The molecule has 0 fully saturated rings. The average molecular weight is 419 g/mol. The van der Waals surface area contributed by atoms with Gasteiger partial charge in [-0.25, -0.2) is 8.42 Å². The van der Waals surface area contributed by atoms with Crippen molar-refractivity contribution in [1.29, 1.82) is 0 Å². The number of ketones is 1. The fourth-order valence-electron chi connectivity index (χ4n) is 2.78. The lowest BCUT2D eigenvalue weighted by atomic mass is 10.1. The fourth-order valence-corrected chi connectivity index (χ4v) is 4.26. The van der Waals surface area contributed by atoms with Crippen LogP contribution in [0.1, 0.15) is 36.7 Å². The quantitative estimate of drug-likeness (QED) is 0.498. The van der Waals surface area contributed by atoms with Crippen molar-refractivity contribution in [2.24, 2.45) is 0 Å². The zero-order chi connectivity index (χ0) is 21.6. The molecule has 0 aliphatic heterocycles. The number of ether oxygens (including phenoxy) is 1. The molecule has 0 spiro atoms. The van der Waals surface area contributed by atoms with Gasteiger partial charge in [-0.05, 0) is 32.0 Å². The summed E-state index contributed by atoms with van der Waals surface area (Å²) >= 11 is 0. The molecule has 0 aromatic heterocycles. The molecule has 0 atom stereocenters. The average Bonchev–Trinajstić information content (AvgIpc) is 2.70. The van der Waals surface area contributed by atoms with Crippen LogP contribution in [0.3, 0.4) is 0 Å². The topological polar surface area (TPSA) is 92.8 Å². The lowest BCUT2D eigenvalue weighted by Gasteiger charge is -2.20. The van der Waals surface area contributed by atoms with E-state index in [9.17, 15) is 18.0 Å². The van der Waals surface area contributed by atoms with E-state index in [4.69, 9.17) is 4.74 Å². The minimum absolute atomic E-state index is 0.0164. The maximum Gasteiger partial charge on any atom is 0.296 e. The lowest BCUT2D eigenvalue weighted by molar-refractivity contribution is -0.112. The minimum Gasteiger partial charge on any atom is -0.492 e. The highest BCUT2D eigenvalue weighted by molar-refractivity contribution is 7.89. The molecule has 0 aliphatic rings. The number of hydrogen-bond donors (Lipinski definition) is 1. The molecule has 29 heavy (non-hydrogen) atoms. The van der Waals surface area contributed by atoms with Crippen LogP contribution in [-0.2, 0) is 14.8 Å². The predicted octanol–water partition coefficient (Wildman–Crippen LogP) is 3.25. The van der Waals surface area contributed by atoms with Crippen LogP contribution in [0.15, 0.2) is 47.4 Å². The van der Waals surface area contributed by atoms with Gasteiger partial charge < -0.3 is 10.1 Å². The maximum absolute atomic E-state index is 12.8. The van der Waals surface area contributed by atoms with E-state index in [0.717, 1.165) is 5.56 Å². The van der Waals surface area contributed by atoms with Crippen LogP contribution in [0, 0.1) is 6.92 Å². The number of anilines is 1. The smallest absolute Gasteiger partial charge is 0.296 e. The summed E-state index contributed by atoms with van der Waals surface area (Å²) < 4.78 is 32.4. The van der Waals surface area contributed by atoms with Crippen LogP contribution in [0.25, 0.3) is 0 Å². The summed E-state index contributed by atoms with van der Waals surface area (Å²) in [5, 5.41) is 2.50. The number of rotatable bonds is 9. The molecule has 0 heterocycles. The number of benzene rings is 2. The van der Waals surface area contributed by atoms with Gasteiger partial charge >= 0.3 is 0 Å². The summed E-state index contributed by atoms with van der Waals surface area (Å²) in [7, 11) is -3.73. The number of sulfonamides is 1. The summed E-state index contributed by atoms with van der Waals surface area (Å²) in [5.41, 5.74) is 1.35. The zero-order valence-electron chi connectivity index (χ0n) is 17.1. The number of carbonyl (C=O) groups excluding carboxylic acids is 2. The number of hydrogen-bond acceptors (Lipinski definition) is 5. The van der Waals surface area contributed by atoms with Crippen LogP contribution in [-0.4, -0.2) is 44.1 Å². The van der Waals surface area contributed by atoms with Crippen molar-refractivity contribution in [2.75, 3.05) is 25.0 Å². The van der Waals surface area contributed by atoms with Gasteiger partial charge in [0.25, 0.3) is 11.7 Å². The van der Waals surface area contributed by atoms with Crippen LogP contribution >= 0.6 is 0 Å². The SMILES string of the molecule is CCOc1ccc(S(=O)(=O)N(CC)CC)cc1NC(=O)C(=O)c1ccc(C)cc1. The van der Waals surface area contributed by atoms with Crippen molar-refractivity contribution in [1.82, 2.24) is 4.31 Å². The molecule has 156 valence electrons. The molecule has 2 aromatic carbocycles. The van der Waals surface area contributed by atoms with E-state index < -0.39 is 21.7 Å². The van der Waals surface area contributed by atoms with E-state index in [-0.39, 0.29) is 21.9 Å². The Balaban J connectivity index is 2.38. The van der Waals surface area contributed by atoms with Gasteiger partial charge in [0.05, 0.1) is 17.2 Å². The molecule has 0 aliphatic carbocycles. The second-order valence-electron chi connectivity index (χ2n) is 6.33.